The van der Waals surface area contributed by atoms with Crippen molar-refractivity contribution in [3.8, 4) is 0 Å². The molecule has 2 atom stereocenters. The molecule has 1 rings (SSSR count). The fourth-order valence-corrected chi connectivity index (χ4v) is 2.64. The van der Waals surface area contributed by atoms with Gasteiger partial charge in [0.05, 0.1) is 6.10 Å². The van der Waals surface area contributed by atoms with Crippen LogP contribution in [0.25, 0.3) is 0 Å². The van der Waals surface area contributed by atoms with Crippen LogP contribution in [0.5, 0.6) is 0 Å². The molecule has 0 heterocycles. The summed E-state index contributed by atoms with van der Waals surface area (Å²) in [7, 11) is 0. The maximum Gasteiger partial charge on any atom is 0.0977 e. The molecule has 2 unspecified atom stereocenters. The summed E-state index contributed by atoms with van der Waals surface area (Å²) in [5, 5.41) is 3.61. The van der Waals surface area contributed by atoms with Crippen LogP contribution >= 0.6 is 0 Å². The topological polar surface area (TPSA) is 21.3 Å². The molecule has 0 fully saturated rings. The summed E-state index contributed by atoms with van der Waals surface area (Å²) in [6.45, 7) is 10.6. The molecular formula is C18H31NO. The molecule has 0 radical (unpaired) electrons. The summed E-state index contributed by atoms with van der Waals surface area (Å²) in [4.78, 5) is 0. The molecule has 2 heteroatoms. The van der Waals surface area contributed by atoms with E-state index in [-0.39, 0.29) is 6.10 Å². The van der Waals surface area contributed by atoms with Gasteiger partial charge in [0.25, 0.3) is 0 Å². The first kappa shape index (κ1) is 17.2. The predicted molar refractivity (Wildman–Crippen MR) is 87.0 cm³/mol. The van der Waals surface area contributed by atoms with Crippen molar-refractivity contribution in [3.05, 3.63) is 35.9 Å². The van der Waals surface area contributed by atoms with E-state index in [0.717, 1.165) is 19.1 Å². The lowest BCUT2D eigenvalue weighted by Crippen LogP contribution is -2.36. The SMILES string of the molecule is CCNC(CCCC(C)C)C(OCC)c1ccccc1. The molecule has 0 amide bonds. The van der Waals surface area contributed by atoms with E-state index in [1.807, 2.05) is 0 Å². The molecule has 114 valence electrons. The maximum atomic E-state index is 6.04. The highest BCUT2D eigenvalue weighted by molar-refractivity contribution is 5.19. The molecular weight excluding hydrogens is 246 g/mol. The van der Waals surface area contributed by atoms with E-state index in [2.05, 4.69) is 63.3 Å². The van der Waals surface area contributed by atoms with Gasteiger partial charge in [0.1, 0.15) is 0 Å². The third kappa shape index (κ3) is 6.06. The van der Waals surface area contributed by atoms with Crippen LogP contribution in [-0.4, -0.2) is 19.2 Å². The fraction of sp³-hybridized carbons (Fsp3) is 0.667. The summed E-state index contributed by atoms with van der Waals surface area (Å²) >= 11 is 0. The van der Waals surface area contributed by atoms with E-state index in [1.165, 1.54) is 24.8 Å². The van der Waals surface area contributed by atoms with Gasteiger partial charge in [-0.25, -0.2) is 0 Å². The lowest BCUT2D eigenvalue weighted by atomic mass is 9.95. The Morgan fingerprint density at radius 1 is 1.05 bits per heavy atom. The molecule has 20 heavy (non-hydrogen) atoms. The largest absolute Gasteiger partial charge is 0.372 e. The first-order valence-corrected chi connectivity index (χ1v) is 8.08. The summed E-state index contributed by atoms with van der Waals surface area (Å²) in [6, 6.07) is 11.0. The summed E-state index contributed by atoms with van der Waals surface area (Å²) < 4.78 is 6.04. The minimum Gasteiger partial charge on any atom is -0.372 e. The second kappa shape index (κ2) is 9.95. The minimum atomic E-state index is 0.160. The molecule has 0 spiro atoms. The van der Waals surface area contributed by atoms with Crippen LogP contribution in [0.2, 0.25) is 0 Å². The lowest BCUT2D eigenvalue weighted by Gasteiger charge is -2.28. The normalized spacial score (nSPS) is 14.4. The Kier molecular flexibility index (Phi) is 8.56. The molecule has 1 N–H and O–H groups in total. The highest BCUT2D eigenvalue weighted by Crippen LogP contribution is 2.25. The van der Waals surface area contributed by atoms with Crippen molar-refractivity contribution in [2.24, 2.45) is 5.92 Å². The molecule has 0 aliphatic heterocycles. The Balaban J connectivity index is 2.72. The van der Waals surface area contributed by atoms with Gasteiger partial charge in [0.15, 0.2) is 0 Å². The quantitative estimate of drug-likeness (QED) is 0.676. The van der Waals surface area contributed by atoms with Gasteiger partial charge >= 0.3 is 0 Å². The molecule has 1 aromatic carbocycles. The average Bonchev–Trinajstić information content (AvgIpc) is 2.44. The van der Waals surface area contributed by atoms with Gasteiger partial charge in [-0.3, -0.25) is 0 Å². The summed E-state index contributed by atoms with van der Waals surface area (Å²) in [5.41, 5.74) is 1.28. The molecule has 1 aromatic rings. The van der Waals surface area contributed by atoms with Gasteiger partial charge in [0.2, 0.25) is 0 Å². The molecule has 0 bridgehead atoms. The second-order valence-corrected chi connectivity index (χ2v) is 5.78. The van der Waals surface area contributed by atoms with Crippen molar-refractivity contribution in [1.82, 2.24) is 5.32 Å². The van der Waals surface area contributed by atoms with Crippen molar-refractivity contribution in [1.29, 1.82) is 0 Å². The number of hydrogen-bond acceptors (Lipinski definition) is 2. The number of ether oxygens (including phenoxy) is 1. The Hall–Kier alpha value is -0.860. The number of benzene rings is 1. The van der Waals surface area contributed by atoms with E-state index in [9.17, 15) is 0 Å². The van der Waals surface area contributed by atoms with Crippen LogP contribution in [0.3, 0.4) is 0 Å². The van der Waals surface area contributed by atoms with Gasteiger partial charge < -0.3 is 10.1 Å². The van der Waals surface area contributed by atoms with Crippen molar-refractivity contribution in [2.45, 2.75) is 59.1 Å². The molecule has 0 saturated heterocycles. The van der Waals surface area contributed by atoms with Crippen LogP contribution in [0.4, 0.5) is 0 Å². The van der Waals surface area contributed by atoms with Crippen molar-refractivity contribution < 1.29 is 4.74 Å². The Morgan fingerprint density at radius 2 is 1.75 bits per heavy atom. The van der Waals surface area contributed by atoms with Crippen molar-refractivity contribution in [2.75, 3.05) is 13.2 Å². The van der Waals surface area contributed by atoms with E-state index < -0.39 is 0 Å². The van der Waals surface area contributed by atoms with Crippen molar-refractivity contribution >= 4 is 0 Å². The maximum absolute atomic E-state index is 6.04. The Morgan fingerprint density at radius 3 is 2.30 bits per heavy atom. The molecule has 0 saturated carbocycles. The molecule has 0 aromatic heterocycles. The van der Waals surface area contributed by atoms with Crippen LogP contribution < -0.4 is 5.32 Å². The van der Waals surface area contributed by atoms with Crippen LogP contribution in [-0.2, 0) is 4.74 Å². The Bertz CT molecular complexity index is 337. The standard InChI is InChI=1S/C18H31NO/c1-5-19-17(14-10-11-15(3)4)18(20-6-2)16-12-8-7-9-13-16/h7-9,12-13,15,17-19H,5-6,10-11,14H2,1-4H3. The molecule has 0 aliphatic rings. The van der Waals surface area contributed by atoms with Gasteiger partial charge in [-0.1, -0.05) is 63.9 Å². The van der Waals surface area contributed by atoms with Crippen LogP contribution in [0.1, 0.15) is 58.6 Å². The van der Waals surface area contributed by atoms with Gasteiger partial charge in [-0.2, -0.15) is 0 Å². The van der Waals surface area contributed by atoms with E-state index in [0.29, 0.717) is 6.04 Å². The van der Waals surface area contributed by atoms with Gasteiger partial charge in [-0.15, -0.1) is 0 Å². The Labute approximate surface area is 124 Å². The summed E-state index contributed by atoms with van der Waals surface area (Å²) in [6.07, 6.45) is 3.88. The van der Waals surface area contributed by atoms with Crippen LogP contribution in [0.15, 0.2) is 30.3 Å². The molecule has 2 nitrogen and oxygen atoms in total. The fourth-order valence-electron chi connectivity index (χ4n) is 2.64. The predicted octanol–water partition coefficient (Wildman–Crippen LogP) is 4.57. The van der Waals surface area contributed by atoms with Gasteiger partial charge in [-0.05, 0) is 31.4 Å². The minimum absolute atomic E-state index is 0.160. The lowest BCUT2D eigenvalue weighted by molar-refractivity contribution is 0.0304. The van der Waals surface area contributed by atoms with E-state index >= 15 is 0 Å². The van der Waals surface area contributed by atoms with Gasteiger partial charge in [0, 0.05) is 12.6 Å². The number of rotatable bonds is 10. The molecule has 0 aliphatic carbocycles. The summed E-state index contributed by atoms with van der Waals surface area (Å²) in [5.74, 6) is 0.777. The zero-order chi connectivity index (χ0) is 14.8. The smallest absolute Gasteiger partial charge is 0.0977 e. The third-order valence-corrected chi connectivity index (χ3v) is 3.60. The number of hydrogen-bond donors (Lipinski definition) is 1. The third-order valence-electron chi connectivity index (χ3n) is 3.60. The zero-order valence-electron chi connectivity index (χ0n) is 13.6. The monoisotopic (exact) mass is 277 g/mol. The highest BCUT2D eigenvalue weighted by atomic mass is 16.5. The number of nitrogens with one attached hydrogen (secondary N) is 1. The first-order valence-electron chi connectivity index (χ1n) is 8.08. The van der Waals surface area contributed by atoms with E-state index in [4.69, 9.17) is 4.74 Å². The highest BCUT2D eigenvalue weighted by Gasteiger charge is 2.22. The van der Waals surface area contributed by atoms with Crippen molar-refractivity contribution in [3.63, 3.8) is 0 Å². The van der Waals surface area contributed by atoms with Crippen LogP contribution in [0, 0.1) is 5.92 Å². The first-order chi connectivity index (χ1) is 9.69. The number of likely N-dealkylation sites (N-methyl/N-ethyl adjacent to an activating group) is 1. The zero-order valence-corrected chi connectivity index (χ0v) is 13.6. The second-order valence-electron chi connectivity index (χ2n) is 5.78. The average molecular weight is 277 g/mol. The van der Waals surface area contributed by atoms with E-state index in [1.54, 1.807) is 0 Å².